The summed E-state index contributed by atoms with van der Waals surface area (Å²) in [5, 5.41) is 0. The highest BCUT2D eigenvalue weighted by Crippen LogP contribution is 2.15. The van der Waals surface area contributed by atoms with E-state index in [1.807, 2.05) is 0 Å². The summed E-state index contributed by atoms with van der Waals surface area (Å²) in [6, 6.07) is 0. The van der Waals surface area contributed by atoms with E-state index in [0.717, 1.165) is 57.8 Å². The Hall–Kier alpha value is -1.59. The molecule has 6 heteroatoms. The zero-order valence-electron chi connectivity index (χ0n) is 33.0. The minimum Gasteiger partial charge on any atom is -0.462 e. The molecule has 1 unspecified atom stereocenters. The fraction of sp³-hybridized carbons (Fsp3) is 0.930. The second kappa shape index (κ2) is 39.2. The molecule has 290 valence electrons. The second-order valence-corrected chi connectivity index (χ2v) is 14.6. The molecule has 0 rings (SSSR count). The van der Waals surface area contributed by atoms with E-state index in [1.54, 1.807) is 0 Å². The minimum absolute atomic E-state index is 0.0636. The maximum atomic E-state index is 12.6. The average Bonchev–Trinajstić information content (AvgIpc) is 3.10. The van der Waals surface area contributed by atoms with Crippen molar-refractivity contribution in [3.63, 3.8) is 0 Å². The fourth-order valence-corrected chi connectivity index (χ4v) is 6.32. The maximum absolute atomic E-state index is 12.6. The Kier molecular flexibility index (Phi) is 37.9. The number of unbranched alkanes of at least 4 members (excludes halogenated alkanes) is 28. The van der Waals surface area contributed by atoms with E-state index < -0.39 is 6.10 Å². The normalized spacial score (nSPS) is 11.8. The maximum Gasteiger partial charge on any atom is 0.306 e. The summed E-state index contributed by atoms with van der Waals surface area (Å²) in [5.74, 6) is -0.863. The Morgan fingerprint density at radius 2 is 0.551 bits per heavy atom. The molecular formula is C43H82O6. The van der Waals surface area contributed by atoms with Crippen LogP contribution in [0.5, 0.6) is 0 Å². The molecule has 0 N–H and O–H groups in total. The Morgan fingerprint density at radius 1 is 0.327 bits per heavy atom. The Morgan fingerprint density at radius 3 is 0.816 bits per heavy atom. The van der Waals surface area contributed by atoms with Crippen LogP contribution in [0, 0.1) is 0 Å². The largest absolute Gasteiger partial charge is 0.462 e. The van der Waals surface area contributed by atoms with Crippen LogP contribution in [-0.4, -0.2) is 37.2 Å². The lowest BCUT2D eigenvalue weighted by Crippen LogP contribution is -2.30. The zero-order chi connectivity index (χ0) is 35.9. The summed E-state index contributed by atoms with van der Waals surface area (Å²) in [5.41, 5.74) is 0. The van der Waals surface area contributed by atoms with Crippen molar-refractivity contribution >= 4 is 17.9 Å². The first kappa shape index (κ1) is 47.4. The monoisotopic (exact) mass is 695 g/mol. The average molecular weight is 695 g/mol. The summed E-state index contributed by atoms with van der Waals surface area (Å²) >= 11 is 0. The number of hydrogen-bond acceptors (Lipinski definition) is 6. The fourth-order valence-electron chi connectivity index (χ4n) is 6.32. The van der Waals surface area contributed by atoms with Crippen LogP contribution in [0.25, 0.3) is 0 Å². The molecule has 0 saturated heterocycles. The first-order chi connectivity index (χ1) is 24.0. The summed E-state index contributed by atoms with van der Waals surface area (Å²) in [4.78, 5) is 37.4. The molecule has 0 spiro atoms. The van der Waals surface area contributed by atoms with Gasteiger partial charge in [0, 0.05) is 19.3 Å². The third kappa shape index (κ3) is 37.5. The van der Waals surface area contributed by atoms with Crippen molar-refractivity contribution in [2.75, 3.05) is 13.2 Å². The predicted molar refractivity (Wildman–Crippen MR) is 206 cm³/mol. The van der Waals surface area contributed by atoms with Gasteiger partial charge in [-0.2, -0.15) is 0 Å². The third-order valence-corrected chi connectivity index (χ3v) is 9.61. The molecule has 0 amide bonds. The minimum atomic E-state index is -0.756. The van der Waals surface area contributed by atoms with Gasteiger partial charge < -0.3 is 14.2 Å². The van der Waals surface area contributed by atoms with Gasteiger partial charge in [-0.1, -0.05) is 201 Å². The number of esters is 3. The highest BCUT2D eigenvalue weighted by atomic mass is 16.6. The van der Waals surface area contributed by atoms with E-state index in [0.29, 0.717) is 19.3 Å². The third-order valence-electron chi connectivity index (χ3n) is 9.61. The molecule has 0 heterocycles. The van der Waals surface area contributed by atoms with Gasteiger partial charge in [0.2, 0.25) is 0 Å². The van der Waals surface area contributed by atoms with E-state index in [4.69, 9.17) is 14.2 Å². The topological polar surface area (TPSA) is 78.9 Å². The molecule has 0 aliphatic rings. The number of carbonyl (C=O) groups is 3. The van der Waals surface area contributed by atoms with Crippen molar-refractivity contribution in [3.8, 4) is 0 Å². The van der Waals surface area contributed by atoms with Crippen molar-refractivity contribution in [2.45, 2.75) is 245 Å². The standard InChI is InChI=1S/C43H82O6/c1-4-7-10-13-16-18-20-21-22-23-25-27-30-33-36-42(45)48-39-40(38-47-41(44)35-32-29-26-15-12-9-6-3)49-43(46)37-34-31-28-24-19-17-14-11-8-5-2/h40H,4-39H2,1-3H3. The summed E-state index contributed by atoms with van der Waals surface area (Å²) in [7, 11) is 0. The van der Waals surface area contributed by atoms with Crippen LogP contribution in [0.15, 0.2) is 0 Å². The molecule has 0 bridgehead atoms. The first-order valence-electron chi connectivity index (χ1n) is 21.5. The van der Waals surface area contributed by atoms with Crippen LogP contribution in [-0.2, 0) is 28.6 Å². The quantitative estimate of drug-likeness (QED) is 0.0362. The predicted octanol–water partition coefficient (Wildman–Crippen LogP) is 13.3. The number of hydrogen-bond donors (Lipinski definition) is 0. The molecule has 0 fully saturated rings. The second-order valence-electron chi connectivity index (χ2n) is 14.6. The van der Waals surface area contributed by atoms with Crippen molar-refractivity contribution in [1.82, 2.24) is 0 Å². The van der Waals surface area contributed by atoms with E-state index in [1.165, 1.54) is 141 Å². The summed E-state index contributed by atoms with van der Waals surface area (Å²) in [6.07, 6.45) is 38.1. The van der Waals surface area contributed by atoms with Gasteiger partial charge >= 0.3 is 17.9 Å². The molecule has 0 saturated carbocycles. The van der Waals surface area contributed by atoms with Crippen molar-refractivity contribution in [3.05, 3.63) is 0 Å². The summed E-state index contributed by atoms with van der Waals surface area (Å²) < 4.78 is 16.6. The van der Waals surface area contributed by atoms with E-state index in [-0.39, 0.29) is 31.1 Å². The lowest BCUT2D eigenvalue weighted by Gasteiger charge is -2.18. The van der Waals surface area contributed by atoms with Crippen molar-refractivity contribution in [1.29, 1.82) is 0 Å². The van der Waals surface area contributed by atoms with Gasteiger partial charge in [-0.15, -0.1) is 0 Å². The van der Waals surface area contributed by atoms with Gasteiger partial charge in [-0.3, -0.25) is 14.4 Å². The molecule has 0 aliphatic carbocycles. The molecule has 1 atom stereocenters. The molecule has 0 aliphatic heterocycles. The van der Waals surface area contributed by atoms with Crippen LogP contribution in [0.1, 0.15) is 239 Å². The highest BCUT2D eigenvalue weighted by Gasteiger charge is 2.19. The van der Waals surface area contributed by atoms with Crippen molar-refractivity contribution in [2.24, 2.45) is 0 Å². The Bertz CT molecular complexity index is 723. The Labute approximate surface area is 304 Å². The van der Waals surface area contributed by atoms with E-state index >= 15 is 0 Å². The van der Waals surface area contributed by atoms with Crippen molar-refractivity contribution < 1.29 is 28.6 Å². The van der Waals surface area contributed by atoms with Crippen LogP contribution < -0.4 is 0 Å². The molecule has 0 aromatic heterocycles. The highest BCUT2D eigenvalue weighted by molar-refractivity contribution is 5.71. The lowest BCUT2D eigenvalue weighted by molar-refractivity contribution is -0.167. The molecule has 0 radical (unpaired) electrons. The van der Waals surface area contributed by atoms with Gasteiger partial charge in [0.1, 0.15) is 13.2 Å². The molecule has 0 aromatic rings. The SMILES string of the molecule is CCCCCCCCCCCCCCCCC(=O)OCC(COC(=O)CCCCCCCCC)OC(=O)CCCCCCCCCCCC. The molecule has 49 heavy (non-hydrogen) atoms. The summed E-state index contributed by atoms with van der Waals surface area (Å²) in [6.45, 7) is 6.59. The van der Waals surface area contributed by atoms with Crippen LogP contribution in [0.4, 0.5) is 0 Å². The number of ether oxygens (including phenoxy) is 3. The van der Waals surface area contributed by atoms with Gasteiger partial charge in [-0.05, 0) is 19.3 Å². The zero-order valence-corrected chi connectivity index (χ0v) is 33.0. The lowest BCUT2D eigenvalue weighted by atomic mass is 10.0. The van der Waals surface area contributed by atoms with E-state index in [9.17, 15) is 14.4 Å². The van der Waals surface area contributed by atoms with E-state index in [2.05, 4.69) is 20.8 Å². The number of rotatable bonds is 39. The molecular weight excluding hydrogens is 612 g/mol. The van der Waals surface area contributed by atoms with Crippen LogP contribution in [0.3, 0.4) is 0 Å². The molecule has 6 nitrogen and oxygen atoms in total. The molecule has 0 aromatic carbocycles. The number of carbonyl (C=O) groups excluding carboxylic acids is 3. The van der Waals surface area contributed by atoms with Gasteiger partial charge in [0.25, 0.3) is 0 Å². The van der Waals surface area contributed by atoms with Gasteiger partial charge in [0.05, 0.1) is 0 Å². The van der Waals surface area contributed by atoms with Gasteiger partial charge in [0.15, 0.2) is 6.10 Å². The smallest absolute Gasteiger partial charge is 0.306 e. The first-order valence-corrected chi connectivity index (χ1v) is 21.5. The van der Waals surface area contributed by atoms with Gasteiger partial charge in [-0.25, -0.2) is 0 Å². The Balaban J connectivity index is 4.26. The van der Waals surface area contributed by atoms with Crippen LogP contribution in [0.2, 0.25) is 0 Å². The van der Waals surface area contributed by atoms with Crippen LogP contribution >= 0.6 is 0 Å².